The third-order valence-corrected chi connectivity index (χ3v) is 4.99. The van der Waals surface area contributed by atoms with Crippen molar-refractivity contribution in [2.75, 3.05) is 26.1 Å². The van der Waals surface area contributed by atoms with E-state index in [1.165, 1.54) is 20.0 Å². The first kappa shape index (κ1) is 14.3. The van der Waals surface area contributed by atoms with E-state index < -0.39 is 0 Å². The van der Waals surface area contributed by atoms with Crippen LogP contribution in [0.2, 0.25) is 0 Å². The first-order chi connectivity index (χ1) is 10.0. The monoisotopic (exact) mass is 305 g/mol. The zero-order valence-electron chi connectivity index (χ0n) is 12.7. The number of ether oxygens (including phenoxy) is 1. The Hall–Kier alpha value is -1.69. The number of carbonyl (C=O) groups excluding carboxylic acids is 1. The van der Waals surface area contributed by atoms with Crippen LogP contribution in [0.5, 0.6) is 0 Å². The highest BCUT2D eigenvalue weighted by Gasteiger charge is 2.30. The Kier molecular flexibility index (Phi) is 3.57. The zero-order valence-corrected chi connectivity index (χ0v) is 13.5. The van der Waals surface area contributed by atoms with Gasteiger partial charge in [0.25, 0.3) is 0 Å². The molecule has 3 rings (SSSR count). The minimum Gasteiger partial charge on any atom is -0.469 e. The number of hydrogen-bond donors (Lipinski definition) is 0. The van der Waals surface area contributed by atoms with Gasteiger partial charge in [0.1, 0.15) is 4.83 Å². The molecule has 1 fully saturated rings. The van der Waals surface area contributed by atoms with Crippen LogP contribution >= 0.6 is 11.3 Å². The smallest absolute Gasteiger partial charge is 0.313 e. The summed E-state index contributed by atoms with van der Waals surface area (Å²) in [5.74, 6) is 0.813. The molecule has 0 amide bonds. The highest BCUT2D eigenvalue weighted by molar-refractivity contribution is 7.18. The van der Waals surface area contributed by atoms with Gasteiger partial charge in [0.15, 0.2) is 0 Å². The first-order valence-electron chi connectivity index (χ1n) is 7.07. The van der Waals surface area contributed by atoms with Crippen molar-refractivity contribution in [2.45, 2.75) is 31.6 Å². The molecule has 0 bridgehead atoms. The largest absolute Gasteiger partial charge is 0.469 e. The van der Waals surface area contributed by atoms with Gasteiger partial charge in [0.2, 0.25) is 5.95 Å². The lowest BCUT2D eigenvalue weighted by Crippen LogP contribution is -2.13. The van der Waals surface area contributed by atoms with Crippen LogP contribution in [0.1, 0.15) is 42.2 Å². The standard InChI is InChI=1S/C15H19N3O2S/c1-8(14(19)20-4)11-7-10-12(9-5-6-9)16-15(18(2)3)17-13(10)21-11/h7-9H,5-6H2,1-4H3. The van der Waals surface area contributed by atoms with E-state index in [-0.39, 0.29) is 11.9 Å². The number of carbonyl (C=O) groups is 1. The maximum atomic E-state index is 11.7. The normalized spacial score (nSPS) is 16.0. The summed E-state index contributed by atoms with van der Waals surface area (Å²) < 4.78 is 4.84. The van der Waals surface area contributed by atoms with Crippen LogP contribution < -0.4 is 4.90 Å². The molecule has 2 aromatic rings. The number of anilines is 1. The van der Waals surface area contributed by atoms with Crippen molar-refractivity contribution < 1.29 is 9.53 Å². The molecule has 0 spiro atoms. The third-order valence-electron chi connectivity index (χ3n) is 3.78. The van der Waals surface area contributed by atoms with Gasteiger partial charge >= 0.3 is 5.97 Å². The molecular weight excluding hydrogens is 286 g/mol. The van der Waals surface area contributed by atoms with Gasteiger partial charge in [0, 0.05) is 30.3 Å². The van der Waals surface area contributed by atoms with Crippen molar-refractivity contribution in [3.05, 3.63) is 16.6 Å². The molecule has 2 heterocycles. The summed E-state index contributed by atoms with van der Waals surface area (Å²) in [7, 11) is 5.32. The fourth-order valence-corrected chi connectivity index (χ4v) is 3.40. The van der Waals surface area contributed by atoms with Crippen LogP contribution in [0.4, 0.5) is 5.95 Å². The number of aromatic nitrogens is 2. The maximum absolute atomic E-state index is 11.7. The van der Waals surface area contributed by atoms with Gasteiger partial charge in [-0.05, 0) is 25.8 Å². The molecule has 21 heavy (non-hydrogen) atoms. The zero-order chi connectivity index (χ0) is 15.1. The molecule has 1 aliphatic carbocycles. The number of nitrogens with zero attached hydrogens (tertiary/aromatic N) is 3. The van der Waals surface area contributed by atoms with Gasteiger partial charge in [-0.3, -0.25) is 4.79 Å². The number of hydrogen-bond acceptors (Lipinski definition) is 6. The van der Waals surface area contributed by atoms with Crippen LogP contribution in [0.3, 0.4) is 0 Å². The number of thiophene rings is 1. The van der Waals surface area contributed by atoms with Crippen molar-refractivity contribution in [3.63, 3.8) is 0 Å². The predicted molar refractivity (Wildman–Crippen MR) is 84.1 cm³/mol. The second-order valence-corrected chi connectivity index (χ2v) is 6.75. The molecule has 0 saturated heterocycles. The van der Waals surface area contributed by atoms with Crippen LogP contribution in [0.25, 0.3) is 10.2 Å². The van der Waals surface area contributed by atoms with Crippen LogP contribution in [0, 0.1) is 0 Å². The van der Waals surface area contributed by atoms with E-state index in [9.17, 15) is 4.79 Å². The molecule has 0 aromatic carbocycles. The second-order valence-electron chi connectivity index (χ2n) is 5.69. The third kappa shape index (κ3) is 2.60. The molecule has 0 N–H and O–H groups in total. The van der Waals surface area contributed by atoms with E-state index in [4.69, 9.17) is 9.72 Å². The van der Waals surface area contributed by atoms with E-state index in [0.29, 0.717) is 5.92 Å². The molecule has 5 nitrogen and oxygen atoms in total. The molecule has 6 heteroatoms. The summed E-state index contributed by atoms with van der Waals surface area (Å²) in [6.45, 7) is 1.87. The van der Waals surface area contributed by atoms with Gasteiger partial charge in [0.05, 0.1) is 18.7 Å². The summed E-state index contributed by atoms with van der Waals surface area (Å²) in [5.41, 5.74) is 1.13. The molecule has 2 aromatic heterocycles. The fourth-order valence-electron chi connectivity index (χ4n) is 2.32. The Morgan fingerprint density at radius 3 is 2.71 bits per heavy atom. The Morgan fingerprint density at radius 1 is 1.43 bits per heavy atom. The first-order valence-corrected chi connectivity index (χ1v) is 7.89. The number of rotatable bonds is 4. The topological polar surface area (TPSA) is 55.3 Å². The van der Waals surface area contributed by atoms with Crippen molar-refractivity contribution in [1.82, 2.24) is 9.97 Å². The van der Waals surface area contributed by atoms with Gasteiger partial charge in [-0.1, -0.05) is 0 Å². The van der Waals surface area contributed by atoms with Gasteiger partial charge < -0.3 is 9.64 Å². The van der Waals surface area contributed by atoms with E-state index in [1.807, 2.05) is 25.9 Å². The summed E-state index contributed by atoms with van der Waals surface area (Å²) in [6.07, 6.45) is 2.38. The Balaban J connectivity index is 2.11. The number of esters is 1. The van der Waals surface area contributed by atoms with Crippen molar-refractivity contribution in [2.24, 2.45) is 0 Å². The van der Waals surface area contributed by atoms with Crippen molar-refractivity contribution in [3.8, 4) is 0 Å². The molecule has 1 aliphatic rings. The molecule has 1 unspecified atom stereocenters. The molecule has 1 saturated carbocycles. The Morgan fingerprint density at radius 2 is 2.14 bits per heavy atom. The highest BCUT2D eigenvalue weighted by Crippen LogP contribution is 2.44. The molecular formula is C15H19N3O2S. The number of methoxy groups -OCH3 is 1. The summed E-state index contributed by atoms with van der Waals surface area (Å²) in [5, 5.41) is 1.10. The van der Waals surface area contributed by atoms with Gasteiger partial charge in [-0.25, -0.2) is 9.97 Å². The molecule has 112 valence electrons. The summed E-state index contributed by atoms with van der Waals surface area (Å²) in [4.78, 5) is 24.9. The molecule has 0 aliphatic heterocycles. The van der Waals surface area contributed by atoms with Gasteiger partial charge in [-0.15, -0.1) is 11.3 Å². The minimum atomic E-state index is -0.260. The van der Waals surface area contributed by atoms with Crippen molar-refractivity contribution >= 4 is 33.5 Å². The lowest BCUT2D eigenvalue weighted by molar-refractivity contribution is -0.141. The van der Waals surface area contributed by atoms with E-state index in [0.717, 1.165) is 26.7 Å². The van der Waals surface area contributed by atoms with Crippen LogP contribution in [-0.4, -0.2) is 37.1 Å². The predicted octanol–water partition coefficient (Wildman–Crippen LogP) is 2.91. The average molecular weight is 305 g/mol. The van der Waals surface area contributed by atoms with Crippen LogP contribution in [-0.2, 0) is 9.53 Å². The highest BCUT2D eigenvalue weighted by atomic mass is 32.1. The lowest BCUT2D eigenvalue weighted by Gasteiger charge is -2.11. The molecule has 1 atom stereocenters. The second kappa shape index (κ2) is 5.26. The molecule has 0 radical (unpaired) electrons. The average Bonchev–Trinajstić information content (AvgIpc) is 3.22. The van der Waals surface area contributed by atoms with Gasteiger partial charge in [-0.2, -0.15) is 0 Å². The fraction of sp³-hybridized carbons (Fsp3) is 0.533. The SMILES string of the molecule is COC(=O)C(C)c1cc2c(C3CC3)nc(N(C)C)nc2s1. The van der Waals surface area contributed by atoms with E-state index >= 15 is 0 Å². The Bertz CT molecular complexity index is 692. The van der Waals surface area contributed by atoms with Crippen LogP contribution in [0.15, 0.2) is 6.07 Å². The maximum Gasteiger partial charge on any atom is 0.313 e. The van der Waals surface area contributed by atoms with Crippen molar-refractivity contribution in [1.29, 1.82) is 0 Å². The van der Waals surface area contributed by atoms with E-state index in [2.05, 4.69) is 11.1 Å². The number of fused-ring (bicyclic) bond motifs is 1. The Labute approximate surface area is 128 Å². The lowest BCUT2D eigenvalue weighted by atomic mass is 10.1. The quantitative estimate of drug-likeness (QED) is 0.813. The minimum absolute atomic E-state index is 0.213. The summed E-state index contributed by atoms with van der Waals surface area (Å²) >= 11 is 1.56. The summed E-state index contributed by atoms with van der Waals surface area (Å²) in [6, 6.07) is 2.06. The van der Waals surface area contributed by atoms with E-state index in [1.54, 1.807) is 11.3 Å².